The molecule has 1 aromatic rings. The molecule has 0 aromatic heterocycles. The average molecular weight is 290 g/mol. The summed E-state index contributed by atoms with van der Waals surface area (Å²) in [6, 6.07) is 8.13. The Kier molecular flexibility index (Phi) is 6.50. The van der Waals surface area contributed by atoms with E-state index in [1.165, 1.54) is 5.56 Å². The van der Waals surface area contributed by atoms with Crippen molar-refractivity contribution in [1.29, 1.82) is 0 Å². The van der Waals surface area contributed by atoms with Gasteiger partial charge in [0.15, 0.2) is 5.96 Å². The van der Waals surface area contributed by atoms with Crippen LogP contribution in [0.4, 0.5) is 5.69 Å². The molecule has 1 aliphatic rings. The van der Waals surface area contributed by atoms with E-state index in [9.17, 15) is 0 Å². The number of hydrogen-bond acceptors (Lipinski definition) is 3. The number of hydrogen-bond donors (Lipinski definition) is 2. The van der Waals surface area contributed by atoms with E-state index in [-0.39, 0.29) is 0 Å². The van der Waals surface area contributed by atoms with Crippen LogP contribution in [0.1, 0.15) is 18.4 Å². The van der Waals surface area contributed by atoms with E-state index >= 15 is 0 Å². The third-order valence-corrected chi connectivity index (χ3v) is 3.59. The highest BCUT2D eigenvalue weighted by molar-refractivity contribution is 5.92. The number of benzene rings is 1. The molecule has 0 amide bonds. The maximum Gasteiger partial charge on any atom is 0.193 e. The molecule has 1 heterocycles. The summed E-state index contributed by atoms with van der Waals surface area (Å²) in [6.45, 7) is 7.81. The second kappa shape index (κ2) is 8.64. The number of unbranched alkanes of at least 4 members (excludes halogenated alkanes) is 1. The maximum absolute atomic E-state index is 5.88. The highest BCUT2D eigenvalue weighted by Crippen LogP contribution is 2.08. The van der Waals surface area contributed by atoms with Crippen LogP contribution >= 0.6 is 0 Å². The normalized spacial score (nSPS) is 16.9. The molecule has 0 aliphatic carbocycles. The molecule has 1 aliphatic heterocycles. The van der Waals surface area contributed by atoms with Crippen molar-refractivity contribution in [2.75, 3.05) is 44.7 Å². The van der Waals surface area contributed by atoms with Gasteiger partial charge in [0.1, 0.15) is 0 Å². The van der Waals surface area contributed by atoms with Crippen LogP contribution in [0.3, 0.4) is 0 Å². The third kappa shape index (κ3) is 6.14. The summed E-state index contributed by atoms with van der Waals surface area (Å²) in [5.41, 5.74) is 8.10. The molecule has 1 fully saturated rings. The number of ether oxygens (including phenoxy) is 1. The zero-order valence-corrected chi connectivity index (χ0v) is 12.8. The first-order chi connectivity index (χ1) is 10.2. The summed E-state index contributed by atoms with van der Waals surface area (Å²) in [6.07, 6.45) is 2.22. The standard InChI is InChI=1S/C16H26N4O/c1-14-4-6-15(7-5-14)19-16(17)18-8-2-3-9-20-10-12-21-13-11-20/h4-7H,2-3,8-13H2,1H3,(H3,17,18,19). The Morgan fingerprint density at radius 3 is 2.67 bits per heavy atom. The molecule has 0 radical (unpaired) electrons. The first-order valence-corrected chi connectivity index (χ1v) is 7.68. The van der Waals surface area contributed by atoms with Crippen LogP contribution in [0.15, 0.2) is 29.3 Å². The number of morpholine rings is 1. The van der Waals surface area contributed by atoms with Crippen molar-refractivity contribution in [3.8, 4) is 0 Å². The zero-order valence-electron chi connectivity index (χ0n) is 12.8. The Morgan fingerprint density at radius 1 is 1.24 bits per heavy atom. The van der Waals surface area contributed by atoms with Gasteiger partial charge in [0.25, 0.3) is 0 Å². The summed E-state index contributed by atoms with van der Waals surface area (Å²) >= 11 is 0. The molecule has 1 aromatic carbocycles. The number of guanidine groups is 1. The van der Waals surface area contributed by atoms with E-state index < -0.39 is 0 Å². The monoisotopic (exact) mass is 290 g/mol. The molecular formula is C16H26N4O. The highest BCUT2D eigenvalue weighted by atomic mass is 16.5. The molecule has 3 N–H and O–H groups in total. The second-order valence-electron chi connectivity index (χ2n) is 5.42. The molecule has 2 rings (SSSR count). The number of nitrogens with one attached hydrogen (secondary N) is 1. The van der Waals surface area contributed by atoms with Gasteiger partial charge < -0.3 is 15.8 Å². The van der Waals surface area contributed by atoms with E-state index in [2.05, 4.69) is 34.3 Å². The van der Waals surface area contributed by atoms with Crippen LogP contribution in [0.2, 0.25) is 0 Å². The SMILES string of the molecule is Cc1ccc(NC(N)=NCCCCN2CCOCC2)cc1. The van der Waals surface area contributed by atoms with Crippen LogP contribution < -0.4 is 11.1 Å². The van der Waals surface area contributed by atoms with Crippen molar-refractivity contribution in [1.82, 2.24) is 4.90 Å². The van der Waals surface area contributed by atoms with Crippen molar-refractivity contribution in [2.45, 2.75) is 19.8 Å². The van der Waals surface area contributed by atoms with Crippen LogP contribution in [-0.2, 0) is 4.74 Å². The molecule has 5 heteroatoms. The quantitative estimate of drug-likeness (QED) is 0.477. The van der Waals surface area contributed by atoms with Crippen molar-refractivity contribution in [3.05, 3.63) is 29.8 Å². The molecule has 116 valence electrons. The number of anilines is 1. The number of rotatable bonds is 6. The molecule has 0 bridgehead atoms. The fraction of sp³-hybridized carbons (Fsp3) is 0.562. The fourth-order valence-electron chi connectivity index (χ4n) is 2.30. The average Bonchev–Trinajstić information content (AvgIpc) is 2.50. The van der Waals surface area contributed by atoms with E-state index in [4.69, 9.17) is 10.5 Å². The van der Waals surface area contributed by atoms with Crippen LogP contribution in [0.5, 0.6) is 0 Å². The minimum Gasteiger partial charge on any atom is -0.379 e. The lowest BCUT2D eigenvalue weighted by Crippen LogP contribution is -2.36. The summed E-state index contributed by atoms with van der Waals surface area (Å²) < 4.78 is 5.33. The molecule has 5 nitrogen and oxygen atoms in total. The summed E-state index contributed by atoms with van der Waals surface area (Å²) in [7, 11) is 0. The van der Waals surface area contributed by atoms with Crippen molar-refractivity contribution >= 4 is 11.6 Å². The largest absolute Gasteiger partial charge is 0.379 e. The number of aliphatic imine (C=N–C) groups is 1. The third-order valence-electron chi connectivity index (χ3n) is 3.59. The lowest BCUT2D eigenvalue weighted by molar-refractivity contribution is 0.0373. The van der Waals surface area contributed by atoms with E-state index in [0.717, 1.165) is 57.9 Å². The lowest BCUT2D eigenvalue weighted by atomic mass is 10.2. The van der Waals surface area contributed by atoms with Crippen molar-refractivity contribution in [3.63, 3.8) is 0 Å². The second-order valence-corrected chi connectivity index (χ2v) is 5.42. The predicted octanol–water partition coefficient (Wildman–Crippen LogP) is 1.83. The minimum atomic E-state index is 0.491. The number of nitrogens with zero attached hydrogens (tertiary/aromatic N) is 2. The first-order valence-electron chi connectivity index (χ1n) is 7.68. The smallest absolute Gasteiger partial charge is 0.193 e. The molecule has 0 atom stereocenters. The number of nitrogens with two attached hydrogens (primary N) is 1. The molecule has 21 heavy (non-hydrogen) atoms. The van der Waals surface area contributed by atoms with Gasteiger partial charge >= 0.3 is 0 Å². The van der Waals surface area contributed by atoms with Gasteiger partial charge in [-0.3, -0.25) is 9.89 Å². The lowest BCUT2D eigenvalue weighted by Gasteiger charge is -2.26. The van der Waals surface area contributed by atoms with Gasteiger partial charge in [-0.15, -0.1) is 0 Å². The maximum atomic E-state index is 5.88. The Bertz CT molecular complexity index is 438. The van der Waals surface area contributed by atoms with Gasteiger partial charge in [0, 0.05) is 25.3 Å². The summed E-state index contributed by atoms with van der Waals surface area (Å²) in [5, 5.41) is 3.11. The highest BCUT2D eigenvalue weighted by Gasteiger charge is 2.08. The predicted molar refractivity (Wildman–Crippen MR) is 87.8 cm³/mol. The summed E-state index contributed by atoms with van der Waals surface area (Å²) in [4.78, 5) is 6.81. The Morgan fingerprint density at radius 2 is 1.95 bits per heavy atom. The number of aryl methyl sites for hydroxylation is 1. The van der Waals surface area contributed by atoms with Crippen LogP contribution in [0.25, 0.3) is 0 Å². The van der Waals surface area contributed by atoms with E-state index in [0.29, 0.717) is 5.96 Å². The molecule has 0 unspecified atom stereocenters. The molecule has 0 spiro atoms. The molecular weight excluding hydrogens is 264 g/mol. The van der Waals surface area contributed by atoms with Gasteiger partial charge in [0.2, 0.25) is 0 Å². The van der Waals surface area contributed by atoms with Gasteiger partial charge in [-0.1, -0.05) is 17.7 Å². The van der Waals surface area contributed by atoms with E-state index in [1.54, 1.807) is 0 Å². The van der Waals surface area contributed by atoms with Crippen LogP contribution in [0, 0.1) is 6.92 Å². The fourth-order valence-corrected chi connectivity index (χ4v) is 2.30. The van der Waals surface area contributed by atoms with Crippen LogP contribution in [-0.4, -0.2) is 50.3 Å². The van der Waals surface area contributed by atoms with Gasteiger partial charge in [0.05, 0.1) is 13.2 Å². The first kappa shape index (κ1) is 15.8. The Balaban J connectivity index is 1.60. The Labute approximate surface area is 127 Å². The van der Waals surface area contributed by atoms with Crippen molar-refractivity contribution in [2.24, 2.45) is 10.7 Å². The Hall–Kier alpha value is -1.59. The zero-order chi connectivity index (χ0) is 14.9. The van der Waals surface area contributed by atoms with Crippen molar-refractivity contribution < 1.29 is 4.74 Å². The summed E-state index contributed by atoms with van der Waals surface area (Å²) in [5.74, 6) is 0.491. The topological polar surface area (TPSA) is 62.9 Å². The molecule has 1 saturated heterocycles. The van der Waals surface area contributed by atoms with E-state index in [1.807, 2.05) is 12.1 Å². The van der Waals surface area contributed by atoms with Gasteiger partial charge in [-0.05, 0) is 38.4 Å². The minimum absolute atomic E-state index is 0.491. The van der Waals surface area contributed by atoms with Gasteiger partial charge in [-0.2, -0.15) is 0 Å². The van der Waals surface area contributed by atoms with Gasteiger partial charge in [-0.25, -0.2) is 0 Å². The molecule has 0 saturated carbocycles.